The number of nitrogens with two attached hydrogens (primary N) is 1. The first-order valence-electron chi connectivity index (χ1n) is 5.06. The number of hydrogen-bond donors (Lipinski definition) is 3. The van der Waals surface area contributed by atoms with E-state index >= 15 is 0 Å². The van der Waals surface area contributed by atoms with E-state index in [9.17, 15) is 29.4 Å². The maximum atomic E-state index is 11.4. The van der Waals surface area contributed by atoms with E-state index in [4.69, 9.17) is 5.73 Å². The third kappa shape index (κ3) is 6.43. The largest absolute Gasteiger partial charge is 0.550 e. The third-order valence-electron chi connectivity index (χ3n) is 2.06. The molecule has 0 aromatic heterocycles. The summed E-state index contributed by atoms with van der Waals surface area (Å²) in [5.74, 6) is -4.65. The molecule has 6 N–H and O–H groups in total. The number of carbonyl (C=O) groups excluding carboxylic acids is 4. The quantitative estimate of drug-likeness (QED) is 0.390. The molecule has 0 bridgehead atoms. The van der Waals surface area contributed by atoms with E-state index in [1.165, 1.54) is 0 Å². The van der Waals surface area contributed by atoms with Gasteiger partial charge in [0.25, 0.3) is 5.91 Å². The Kier molecular flexibility index (Phi) is 6.35. The van der Waals surface area contributed by atoms with Crippen LogP contribution in [0, 0.1) is 0 Å². The Bertz CT molecular complexity index is 356. The molecular weight excluding hydrogens is 246 g/mol. The summed E-state index contributed by atoms with van der Waals surface area (Å²) in [7, 11) is 0. The number of nitrogens with one attached hydrogen (secondary N) is 1. The smallest absolute Gasteiger partial charge is 0.279 e. The lowest BCUT2D eigenvalue weighted by Crippen LogP contribution is -2.69. The highest BCUT2D eigenvalue weighted by molar-refractivity contribution is 5.89. The predicted molar refractivity (Wildman–Crippen MR) is 51.7 cm³/mol. The predicted octanol–water partition coefficient (Wildman–Crippen LogP) is -5.76. The lowest BCUT2D eigenvalue weighted by atomic mass is 10.1. The molecule has 0 unspecified atom stereocenters. The van der Waals surface area contributed by atoms with E-state index in [1.54, 1.807) is 0 Å². The molecule has 0 aromatic carbocycles. The number of amides is 2. The van der Waals surface area contributed by atoms with E-state index in [1.807, 2.05) is 5.32 Å². The lowest BCUT2D eigenvalue weighted by molar-refractivity contribution is -0.402. The van der Waals surface area contributed by atoms with Crippen LogP contribution in [0.5, 0.6) is 0 Å². The van der Waals surface area contributed by atoms with Gasteiger partial charge in [-0.3, -0.25) is 9.59 Å². The van der Waals surface area contributed by atoms with Crippen LogP contribution in [0.25, 0.3) is 0 Å². The second-order valence-electron chi connectivity index (χ2n) is 3.66. The molecule has 9 heteroatoms. The number of carboxylic acids is 2. The van der Waals surface area contributed by atoms with Gasteiger partial charge in [-0.2, -0.15) is 0 Å². The number of hydrogen-bond acceptors (Lipinski definition) is 6. The van der Waals surface area contributed by atoms with Crippen LogP contribution in [-0.4, -0.2) is 35.8 Å². The minimum absolute atomic E-state index is 0.341. The molecule has 0 spiro atoms. The Morgan fingerprint density at radius 1 is 1.22 bits per heavy atom. The molecule has 18 heavy (non-hydrogen) atoms. The summed E-state index contributed by atoms with van der Waals surface area (Å²) < 4.78 is 0. The molecule has 0 aliphatic heterocycles. The Morgan fingerprint density at radius 2 is 1.78 bits per heavy atom. The fourth-order valence-electron chi connectivity index (χ4n) is 1.14. The second kappa shape index (κ2) is 7.22. The van der Waals surface area contributed by atoms with Crippen LogP contribution in [0.15, 0.2) is 0 Å². The van der Waals surface area contributed by atoms with Crippen LogP contribution in [0.4, 0.5) is 0 Å². The molecule has 9 nitrogen and oxygen atoms in total. The van der Waals surface area contributed by atoms with Crippen LogP contribution >= 0.6 is 0 Å². The molecular formula is C9H14N3O6-. The topological polar surface area (TPSA) is 180 Å². The number of rotatable bonds is 8. The summed E-state index contributed by atoms with van der Waals surface area (Å²) in [6, 6.07) is -2.53. The van der Waals surface area contributed by atoms with Crippen LogP contribution in [-0.2, 0) is 19.2 Å². The van der Waals surface area contributed by atoms with Crippen molar-refractivity contribution >= 4 is 23.8 Å². The highest BCUT2D eigenvalue weighted by Crippen LogP contribution is 1.97. The molecule has 0 aliphatic carbocycles. The van der Waals surface area contributed by atoms with Crippen LogP contribution < -0.4 is 27.0 Å². The number of aliphatic carboxylic acids is 2. The van der Waals surface area contributed by atoms with Gasteiger partial charge in [-0.15, -0.1) is 0 Å². The van der Waals surface area contributed by atoms with Gasteiger partial charge >= 0.3 is 0 Å². The Balaban J connectivity index is 4.40. The van der Waals surface area contributed by atoms with Crippen LogP contribution in [0.3, 0.4) is 0 Å². The van der Waals surface area contributed by atoms with Crippen LogP contribution in [0.2, 0.25) is 0 Å². The van der Waals surface area contributed by atoms with Gasteiger partial charge in [0, 0.05) is 5.97 Å². The monoisotopic (exact) mass is 260 g/mol. The van der Waals surface area contributed by atoms with Crippen molar-refractivity contribution < 1.29 is 35.1 Å². The van der Waals surface area contributed by atoms with E-state index < -0.39 is 42.3 Å². The van der Waals surface area contributed by atoms with Gasteiger partial charge in [-0.25, -0.2) is 0 Å². The van der Waals surface area contributed by atoms with E-state index in [0.717, 1.165) is 0 Å². The average molecular weight is 260 g/mol. The van der Waals surface area contributed by atoms with Crippen molar-refractivity contribution in [3.63, 3.8) is 0 Å². The fourth-order valence-corrected chi connectivity index (χ4v) is 1.14. The van der Waals surface area contributed by atoms with Crippen molar-refractivity contribution in [3.05, 3.63) is 0 Å². The highest BCUT2D eigenvalue weighted by atomic mass is 16.4. The van der Waals surface area contributed by atoms with Crippen molar-refractivity contribution in [2.75, 3.05) is 0 Å². The molecule has 0 radical (unpaired) electrons. The van der Waals surface area contributed by atoms with Gasteiger partial charge in [-0.1, -0.05) is 0 Å². The number of carbonyl (C=O) groups is 4. The summed E-state index contributed by atoms with van der Waals surface area (Å²) in [5, 5.41) is 22.8. The van der Waals surface area contributed by atoms with Gasteiger partial charge in [0.2, 0.25) is 5.91 Å². The normalized spacial score (nSPS) is 13.4. The number of quaternary nitrogens is 1. The summed E-state index contributed by atoms with van der Waals surface area (Å²) in [6.45, 7) is 0. The SMILES string of the molecule is NC(=O)C[C@H]([NH3+])C(=O)N[C@@H](CCC(=O)[O-])C(=O)[O-]. The van der Waals surface area contributed by atoms with Gasteiger partial charge in [-0.05, 0) is 12.8 Å². The summed E-state index contributed by atoms with van der Waals surface area (Å²) in [5.41, 5.74) is 8.18. The molecule has 0 aliphatic rings. The molecule has 2 amide bonds. The molecule has 0 fully saturated rings. The van der Waals surface area contributed by atoms with E-state index in [0.29, 0.717) is 0 Å². The Labute approximate surface area is 102 Å². The number of carboxylic acid groups (broad SMARTS) is 2. The van der Waals surface area contributed by atoms with Crippen molar-refractivity contribution in [3.8, 4) is 0 Å². The van der Waals surface area contributed by atoms with Crippen molar-refractivity contribution in [1.29, 1.82) is 0 Å². The first-order valence-corrected chi connectivity index (χ1v) is 5.06. The van der Waals surface area contributed by atoms with Gasteiger partial charge < -0.3 is 36.6 Å². The zero-order valence-electron chi connectivity index (χ0n) is 9.51. The van der Waals surface area contributed by atoms with Crippen molar-refractivity contribution in [2.45, 2.75) is 31.3 Å². The van der Waals surface area contributed by atoms with E-state index in [-0.39, 0.29) is 12.8 Å². The standard InChI is InChI=1S/C9H15N3O6/c10-4(3-6(11)13)8(16)12-5(9(17)18)1-2-7(14)15/h4-5H,1-3,10H2,(H2,11,13)(H,12,16)(H,14,15)(H,17,18)/p-1/t4-,5-/m0/s1. The summed E-state index contributed by atoms with van der Waals surface area (Å²) >= 11 is 0. The maximum Gasteiger partial charge on any atom is 0.279 e. The number of primary amides is 1. The molecule has 0 heterocycles. The van der Waals surface area contributed by atoms with Gasteiger partial charge in [0.1, 0.15) is 0 Å². The first-order chi connectivity index (χ1) is 8.23. The molecule has 2 atom stereocenters. The molecule has 0 aromatic rings. The fraction of sp³-hybridized carbons (Fsp3) is 0.556. The van der Waals surface area contributed by atoms with Crippen molar-refractivity contribution in [2.24, 2.45) is 5.73 Å². The zero-order valence-corrected chi connectivity index (χ0v) is 9.51. The molecule has 102 valence electrons. The van der Waals surface area contributed by atoms with Crippen molar-refractivity contribution in [1.82, 2.24) is 5.32 Å². The Morgan fingerprint density at radius 3 is 2.17 bits per heavy atom. The maximum absolute atomic E-state index is 11.4. The summed E-state index contributed by atoms with van der Waals surface area (Å²) in [6.07, 6.45) is -1.26. The second-order valence-corrected chi connectivity index (χ2v) is 3.66. The Hall–Kier alpha value is -2.16. The zero-order chi connectivity index (χ0) is 14.3. The van der Waals surface area contributed by atoms with E-state index in [2.05, 4.69) is 5.73 Å². The first kappa shape index (κ1) is 15.8. The molecule has 0 saturated heterocycles. The van der Waals surface area contributed by atoms with Gasteiger partial charge in [0.15, 0.2) is 6.04 Å². The van der Waals surface area contributed by atoms with Crippen LogP contribution in [0.1, 0.15) is 19.3 Å². The van der Waals surface area contributed by atoms with Gasteiger partial charge in [0.05, 0.1) is 18.4 Å². The lowest BCUT2D eigenvalue weighted by Gasteiger charge is -2.20. The molecule has 0 rings (SSSR count). The minimum atomic E-state index is -1.63. The average Bonchev–Trinajstić information content (AvgIpc) is 2.21. The third-order valence-corrected chi connectivity index (χ3v) is 2.06. The molecule has 0 saturated carbocycles. The minimum Gasteiger partial charge on any atom is -0.550 e. The summed E-state index contributed by atoms with van der Waals surface area (Å²) in [4.78, 5) is 42.8. The highest BCUT2D eigenvalue weighted by Gasteiger charge is 2.23.